The number of phenols is 1. The lowest BCUT2D eigenvalue weighted by Gasteiger charge is -2.10. The molecule has 6 heteroatoms. The number of para-hydroxylation sites is 1. The SMILES string of the molecule is N#CCSc1nnc(-c2ccccc2O)n1CCc1ccccc1. The zero-order valence-electron chi connectivity index (χ0n) is 13.0. The average molecular weight is 336 g/mol. The molecule has 0 bridgehead atoms. The molecule has 1 N–H and O–H groups in total. The van der Waals surface area contributed by atoms with Gasteiger partial charge >= 0.3 is 0 Å². The van der Waals surface area contributed by atoms with Crippen LogP contribution in [0.25, 0.3) is 11.4 Å². The number of nitrogens with zero attached hydrogens (tertiary/aromatic N) is 4. The second-order valence-electron chi connectivity index (χ2n) is 5.16. The van der Waals surface area contributed by atoms with E-state index in [0.29, 0.717) is 28.8 Å². The van der Waals surface area contributed by atoms with Crippen LogP contribution in [0.4, 0.5) is 0 Å². The lowest BCUT2D eigenvalue weighted by molar-refractivity contribution is 0.476. The van der Waals surface area contributed by atoms with E-state index in [2.05, 4.69) is 28.4 Å². The van der Waals surface area contributed by atoms with Gasteiger partial charge in [0.15, 0.2) is 11.0 Å². The predicted molar refractivity (Wildman–Crippen MR) is 93.6 cm³/mol. The molecule has 0 atom stereocenters. The van der Waals surface area contributed by atoms with Crippen molar-refractivity contribution in [3.8, 4) is 23.2 Å². The van der Waals surface area contributed by atoms with E-state index < -0.39 is 0 Å². The predicted octanol–water partition coefficient (Wildman–Crippen LogP) is 3.51. The fourth-order valence-electron chi connectivity index (χ4n) is 2.44. The Morgan fingerprint density at radius 2 is 1.79 bits per heavy atom. The molecule has 3 rings (SSSR count). The Hall–Kier alpha value is -2.78. The van der Waals surface area contributed by atoms with Crippen LogP contribution in [0.5, 0.6) is 5.75 Å². The van der Waals surface area contributed by atoms with Gasteiger partial charge in [0.25, 0.3) is 0 Å². The Morgan fingerprint density at radius 3 is 2.54 bits per heavy atom. The largest absolute Gasteiger partial charge is 0.507 e. The van der Waals surface area contributed by atoms with Gasteiger partial charge in [-0.25, -0.2) is 0 Å². The summed E-state index contributed by atoms with van der Waals surface area (Å²) in [5.74, 6) is 1.09. The molecule has 0 radical (unpaired) electrons. The Morgan fingerprint density at radius 1 is 1.04 bits per heavy atom. The fourth-order valence-corrected chi connectivity index (χ4v) is 3.07. The molecule has 5 nitrogen and oxygen atoms in total. The number of rotatable bonds is 6. The zero-order chi connectivity index (χ0) is 16.8. The quantitative estimate of drug-likeness (QED) is 0.697. The first-order valence-electron chi connectivity index (χ1n) is 7.55. The first-order valence-corrected chi connectivity index (χ1v) is 8.53. The van der Waals surface area contributed by atoms with Crippen LogP contribution in [0.3, 0.4) is 0 Å². The highest BCUT2D eigenvalue weighted by Gasteiger charge is 2.16. The maximum atomic E-state index is 10.1. The van der Waals surface area contributed by atoms with E-state index in [1.165, 1.54) is 17.3 Å². The third-order valence-corrected chi connectivity index (χ3v) is 4.43. The van der Waals surface area contributed by atoms with E-state index in [1.807, 2.05) is 34.9 Å². The minimum atomic E-state index is 0.169. The molecule has 0 aliphatic rings. The van der Waals surface area contributed by atoms with Crippen molar-refractivity contribution in [2.45, 2.75) is 18.1 Å². The number of phenolic OH excluding ortho intramolecular Hbond substituents is 1. The highest BCUT2D eigenvalue weighted by Crippen LogP contribution is 2.30. The van der Waals surface area contributed by atoms with Gasteiger partial charge in [0.1, 0.15) is 5.75 Å². The van der Waals surface area contributed by atoms with E-state index in [4.69, 9.17) is 5.26 Å². The summed E-state index contributed by atoms with van der Waals surface area (Å²) in [6, 6.07) is 19.3. The molecule has 2 aromatic carbocycles. The molecule has 0 aliphatic carbocycles. The molecular formula is C18H16N4OS. The van der Waals surface area contributed by atoms with Crippen molar-refractivity contribution in [3.05, 3.63) is 60.2 Å². The Kier molecular flexibility index (Phi) is 5.14. The molecule has 1 heterocycles. The third kappa shape index (κ3) is 3.58. The van der Waals surface area contributed by atoms with E-state index in [-0.39, 0.29) is 5.75 Å². The summed E-state index contributed by atoms with van der Waals surface area (Å²) in [6.07, 6.45) is 0.819. The molecule has 0 aliphatic heterocycles. The molecule has 0 saturated heterocycles. The number of thioether (sulfide) groups is 1. The number of hydrogen-bond donors (Lipinski definition) is 1. The number of benzene rings is 2. The number of aryl methyl sites for hydroxylation is 1. The van der Waals surface area contributed by atoms with Crippen molar-refractivity contribution < 1.29 is 5.11 Å². The maximum absolute atomic E-state index is 10.1. The summed E-state index contributed by atoms with van der Waals surface area (Å²) in [7, 11) is 0. The van der Waals surface area contributed by atoms with E-state index in [9.17, 15) is 5.11 Å². The molecule has 0 amide bonds. The molecule has 0 unspecified atom stereocenters. The van der Waals surface area contributed by atoms with Gasteiger partial charge in [-0.1, -0.05) is 54.2 Å². The molecule has 120 valence electrons. The van der Waals surface area contributed by atoms with Gasteiger partial charge in [-0.3, -0.25) is 0 Å². The normalized spacial score (nSPS) is 10.5. The van der Waals surface area contributed by atoms with Crippen LogP contribution in [0, 0.1) is 11.3 Å². The first kappa shape index (κ1) is 16.1. The average Bonchev–Trinajstić information content (AvgIpc) is 3.02. The smallest absolute Gasteiger partial charge is 0.192 e. The highest BCUT2D eigenvalue weighted by atomic mass is 32.2. The molecule has 1 aromatic heterocycles. The second-order valence-corrected chi connectivity index (χ2v) is 6.10. The van der Waals surface area contributed by atoms with Gasteiger partial charge in [-0.05, 0) is 24.1 Å². The maximum Gasteiger partial charge on any atom is 0.192 e. The summed E-state index contributed by atoms with van der Waals surface area (Å²) in [6.45, 7) is 0.675. The molecular weight excluding hydrogens is 320 g/mol. The Labute approximate surface area is 144 Å². The van der Waals surface area contributed by atoms with Crippen LogP contribution in [0.1, 0.15) is 5.56 Å². The van der Waals surface area contributed by atoms with E-state index in [0.717, 1.165) is 6.42 Å². The van der Waals surface area contributed by atoms with Crippen LogP contribution in [0.2, 0.25) is 0 Å². The van der Waals surface area contributed by atoms with Crippen LogP contribution >= 0.6 is 11.8 Å². The van der Waals surface area contributed by atoms with Crippen LogP contribution in [-0.4, -0.2) is 25.6 Å². The van der Waals surface area contributed by atoms with Crippen LogP contribution < -0.4 is 0 Å². The Bertz CT molecular complexity index is 855. The molecule has 0 fully saturated rings. The minimum Gasteiger partial charge on any atom is -0.507 e. The number of aromatic nitrogens is 3. The highest BCUT2D eigenvalue weighted by molar-refractivity contribution is 7.99. The zero-order valence-corrected chi connectivity index (χ0v) is 13.8. The monoisotopic (exact) mass is 336 g/mol. The lowest BCUT2D eigenvalue weighted by atomic mass is 10.1. The summed E-state index contributed by atoms with van der Waals surface area (Å²) < 4.78 is 1.96. The lowest BCUT2D eigenvalue weighted by Crippen LogP contribution is -2.05. The number of hydrogen-bond acceptors (Lipinski definition) is 5. The van der Waals surface area contributed by atoms with Crippen molar-refractivity contribution in [1.29, 1.82) is 5.26 Å². The molecule has 0 saturated carbocycles. The van der Waals surface area contributed by atoms with Gasteiger partial charge in [-0.15, -0.1) is 10.2 Å². The molecule has 0 spiro atoms. The van der Waals surface area contributed by atoms with Crippen LogP contribution in [0.15, 0.2) is 59.8 Å². The van der Waals surface area contributed by atoms with Crippen LogP contribution in [-0.2, 0) is 13.0 Å². The number of aromatic hydroxyl groups is 1. The summed E-state index contributed by atoms with van der Waals surface area (Å²) >= 11 is 1.35. The van der Waals surface area contributed by atoms with E-state index in [1.54, 1.807) is 12.1 Å². The summed E-state index contributed by atoms with van der Waals surface area (Å²) in [4.78, 5) is 0. The molecule has 3 aromatic rings. The van der Waals surface area contributed by atoms with Crippen molar-refractivity contribution in [2.24, 2.45) is 0 Å². The standard InChI is InChI=1S/C18H16N4OS/c19-11-13-24-18-21-20-17(15-8-4-5-9-16(15)23)22(18)12-10-14-6-2-1-3-7-14/h1-9,23H,10,12-13H2. The van der Waals surface area contributed by atoms with Crippen molar-refractivity contribution in [1.82, 2.24) is 14.8 Å². The first-order chi connectivity index (χ1) is 11.8. The third-order valence-electron chi connectivity index (χ3n) is 3.59. The van der Waals surface area contributed by atoms with Gasteiger partial charge in [0.2, 0.25) is 0 Å². The summed E-state index contributed by atoms with van der Waals surface area (Å²) in [5, 5.41) is 28.1. The summed E-state index contributed by atoms with van der Waals surface area (Å²) in [5.41, 5.74) is 1.85. The van der Waals surface area contributed by atoms with Gasteiger partial charge in [-0.2, -0.15) is 5.26 Å². The minimum absolute atomic E-state index is 0.169. The fraction of sp³-hybridized carbons (Fsp3) is 0.167. The second kappa shape index (κ2) is 7.66. The number of nitriles is 1. The van der Waals surface area contributed by atoms with Crippen molar-refractivity contribution >= 4 is 11.8 Å². The van der Waals surface area contributed by atoms with Crippen molar-refractivity contribution in [3.63, 3.8) is 0 Å². The van der Waals surface area contributed by atoms with Gasteiger partial charge in [0, 0.05) is 6.54 Å². The topological polar surface area (TPSA) is 74.7 Å². The Balaban J connectivity index is 1.93. The van der Waals surface area contributed by atoms with Crippen molar-refractivity contribution in [2.75, 3.05) is 5.75 Å². The van der Waals surface area contributed by atoms with Gasteiger partial charge in [0.05, 0.1) is 17.4 Å². The molecule has 24 heavy (non-hydrogen) atoms. The van der Waals surface area contributed by atoms with E-state index >= 15 is 0 Å². The van der Waals surface area contributed by atoms with Gasteiger partial charge < -0.3 is 9.67 Å².